The quantitative estimate of drug-likeness (QED) is 0.802. The molecule has 86 valence electrons. The summed E-state index contributed by atoms with van der Waals surface area (Å²) in [6.07, 6.45) is 5.76. The molecule has 0 atom stereocenters. The molecule has 1 heterocycles. The summed E-state index contributed by atoms with van der Waals surface area (Å²) in [6.45, 7) is 1.49. The lowest BCUT2D eigenvalue weighted by Crippen LogP contribution is -2.32. The van der Waals surface area contributed by atoms with Crippen LogP contribution >= 0.6 is 15.9 Å². The fourth-order valence-electron chi connectivity index (χ4n) is 1.38. The molecule has 0 aromatic carbocycles. The first-order valence-corrected chi connectivity index (χ1v) is 6.17. The molecule has 5 heteroatoms. The highest BCUT2D eigenvalue weighted by Gasteiger charge is 2.19. The first kappa shape index (κ1) is 11.5. The van der Waals surface area contributed by atoms with E-state index in [0.29, 0.717) is 18.2 Å². The fourth-order valence-corrected chi connectivity index (χ4v) is 1.74. The zero-order chi connectivity index (χ0) is 11.4. The Balaban J connectivity index is 1.73. The molecular formula is C11H14BrN3O. The minimum Gasteiger partial charge on any atom is -0.351 e. The van der Waals surface area contributed by atoms with Gasteiger partial charge in [0.2, 0.25) is 0 Å². The van der Waals surface area contributed by atoms with Gasteiger partial charge < -0.3 is 10.6 Å². The van der Waals surface area contributed by atoms with Crippen LogP contribution in [0.3, 0.4) is 0 Å². The fraction of sp³-hybridized carbons (Fsp3) is 0.455. The molecule has 1 fully saturated rings. The predicted molar refractivity (Wildman–Crippen MR) is 65.3 cm³/mol. The van der Waals surface area contributed by atoms with Gasteiger partial charge in [-0.2, -0.15) is 0 Å². The average Bonchev–Trinajstić information content (AvgIpc) is 3.08. The highest BCUT2D eigenvalue weighted by molar-refractivity contribution is 9.10. The summed E-state index contributed by atoms with van der Waals surface area (Å²) in [5.74, 6) is -0.0774. The maximum absolute atomic E-state index is 11.7. The Hall–Kier alpha value is -0.940. The number of nitrogens with one attached hydrogen (secondary N) is 2. The van der Waals surface area contributed by atoms with Gasteiger partial charge in [-0.25, -0.2) is 0 Å². The Morgan fingerprint density at radius 2 is 2.25 bits per heavy atom. The third-order valence-corrected chi connectivity index (χ3v) is 2.82. The van der Waals surface area contributed by atoms with Crippen LogP contribution in [0.15, 0.2) is 22.9 Å². The van der Waals surface area contributed by atoms with E-state index in [2.05, 4.69) is 31.5 Å². The van der Waals surface area contributed by atoms with Gasteiger partial charge in [-0.3, -0.25) is 9.78 Å². The molecular weight excluding hydrogens is 270 g/mol. The highest BCUT2D eigenvalue weighted by atomic mass is 79.9. The van der Waals surface area contributed by atoms with Crippen molar-refractivity contribution in [3.63, 3.8) is 0 Å². The van der Waals surface area contributed by atoms with Gasteiger partial charge in [0.25, 0.3) is 5.91 Å². The monoisotopic (exact) mass is 283 g/mol. The highest BCUT2D eigenvalue weighted by Crippen LogP contribution is 2.17. The van der Waals surface area contributed by atoms with Gasteiger partial charge in [-0.15, -0.1) is 0 Å². The van der Waals surface area contributed by atoms with E-state index < -0.39 is 0 Å². The lowest BCUT2D eigenvalue weighted by atomic mass is 10.3. The number of hydrogen-bond donors (Lipinski definition) is 2. The van der Waals surface area contributed by atoms with Crippen LogP contribution in [0.5, 0.6) is 0 Å². The van der Waals surface area contributed by atoms with Crippen molar-refractivity contribution in [2.75, 3.05) is 13.1 Å². The maximum Gasteiger partial charge on any atom is 0.252 e. The third-order valence-electron chi connectivity index (χ3n) is 2.39. The molecule has 1 aromatic heterocycles. The molecule has 4 nitrogen and oxygen atoms in total. The van der Waals surface area contributed by atoms with E-state index >= 15 is 0 Å². The van der Waals surface area contributed by atoms with Crippen LogP contribution in [0, 0.1) is 0 Å². The van der Waals surface area contributed by atoms with Crippen LogP contribution in [0.4, 0.5) is 0 Å². The number of aromatic nitrogens is 1. The Morgan fingerprint density at radius 1 is 1.44 bits per heavy atom. The molecule has 1 aliphatic rings. The molecule has 0 unspecified atom stereocenters. The molecule has 2 N–H and O–H groups in total. The normalized spacial score (nSPS) is 14.8. The maximum atomic E-state index is 11.7. The van der Waals surface area contributed by atoms with Crippen molar-refractivity contribution >= 4 is 21.8 Å². The molecule has 0 radical (unpaired) electrons. The van der Waals surface area contributed by atoms with Crippen molar-refractivity contribution in [3.05, 3.63) is 28.5 Å². The molecule has 0 aliphatic heterocycles. The molecule has 1 aliphatic carbocycles. The Bertz CT molecular complexity index is 379. The van der Waals surface area contributed by atoms with E-state index in [4.69, 9.17) is 0 Å². The topological polar surface area (TPSA) is 54.0 Å². The Morgan fingerprint density at radius 3 is 2.94 bits per heavy atom. The molecule has 0 bridgehead atoms. The summed E-state index contributed by atoms with van der Waals surface area (Å²) in [5.41, 5.74) is 0.584. The lowest BCUT2D eigenvalue weighted by molar-refractivity contribution is 0.0953. The summed E-state index contributed by atoms with van der Waals surface area (Å²) < 4.78 is 0.816. The number of hydrogen-bond acceptors (Lipinski definition) is 3. The zero-order valence-electron chi connectivity index (χ0n) is 8.87. The van der Waals surface area contributed by atoms with Gasteiger partial charge in [0, 0.05) is 36.0 Å². The number of rotatable bonds is 5. The van der Waals surface area contributed by atoms with Crippen molar-refractivity contribution < 1.29 is 4.79 Å². The summed E-state index contributed by atoms with van der Waals surface area (Å²) >= 11 is 3.28. The minimum atomic E-state index is -0.0774. The van der Waals surface area contributed by atoms with Gasteiger partial charge in [0.15, 0.2) is 0 Å². The van der Waals surface area contributed by atoms with Crippen LogP contribution in [0.1, 0.15) is 23.2 Å². The third kappa shape index (κ3) is 3.57. The van der Waals surface area contributed by atoms with Gasteiger partial charge in [0.05, 0.1) is 5.56 Å². The zero-order valence-corrected chi connectivity index (χ0v) is 10.5. The second-order valence-electron chi connectivity index (χ2n) is 3.88. The summed E-state index contributed by atoms with van der Waals surface area (Å²) in [6, 6.07) is 2.45. The molecule has 1 amide bonds. The largest absolute Gasteiger partial charge is 0.351 e. The molecule has 1 saturated carbocycles. The standard InChI is InChI=1S/C11H14BrN3O/c12-9-5-8(6-13-7-9)11(16)15-4-3-14-10-1-2-10/h5-7,10,14H,1-4H2,(H,15,16). The number of nitrogens with zero attached hydrogens (tertiary/aromatic N) is 1. The number of carbonyl (C=O) groups is 1. The lowest BCUT2D eigenvalue weighted by Gasteiger charge is -2.05. The van der Waals surface area contributed by atoms with E-state index in [1.54, 1.807) is 18.5 Å². The van der Waals surface area contributed by atoms with E-state index in [9.17, 15) is 4.79 Å². The van der Waals surface area contributed by atoms with E-state index in [1.807, 2.05) is 0 Å². The SMILES string of the molecule is O=C(NCCNC1CC1)c1cncc(Br)c1. The molecule has 0 saturated heterocycles. The summed E-state index contributed by atoms with van der Waals surface area (Å²) in [7, 11) is 0. The number of carbonyl (C=O) groups excluding carboxylic acids is 1. The van der Waals surface area contributed by atoms with Gasteiger partial charge >= 0.3 is 0 Å². The first-order chi connectivity index (χ1) is 7.75. The predicted octanol–water partition coefficient (Wildman–Crippen LogP) is 1.33. The van der Waals surface area contributed by atoms with Crippen LogP contribution in [-0.4, -0.2) is 30.0 Å². The summed E-state index contributed by atoms with van der Waals surface area (Å²) in [5, 5.41) is 6.18. The van der Waals surface area contributed by atoms with Crippen molar-refractivity contribution in [1.29, 1.82) is 0 Å². The smallest absolute Gasteiger partial charge is 0.252 e. The van der Waals surface area contributed by atoms with E-state index in [0.717, 1.165) is 11.0 Å². The molecule has 0 spiro atoms. The van der Waals surface area contributed by atoms with Crippen LogP contribution in [0.2, 0.25) is 0 Å². The molecule has 16 heavy (non-hydrogen) atoms. The molecule has 2 rings (SSSR count). The minimum absolute atomic E-state index is 0.0774. The number of amides is 1. The van der Waals surface area contributed by atoms with E-state index in [-0.39, 0.29) is 5.91 Å². The number of pyridine rings is 1. The van der Waals surface area contributed by atoms with Crippen LogP contribution in [0.25, 0.3) is 0 Å². The average molecular weight is 284 g/mol. The van der Waals surface area contributed by atoms with E-state index in [1.165, 1.54) is 12.8 Å². The van der Waals surface area contributed by atoms with Crippen LogP contribution < -0.4 is 10.6 Å². The second-order valence-corrected chi connectivity index (χ2v) is 4.79. The van der Waals surface area contributed by atoms with Crippen molar-refractivity contribution in [2.24, 2.45) is 0 Å². The molecule has 1 aromatic rings. The first-order valence-electron chi connectivity index (χ1n) is 5.38. The second kappa shape index (κ2) is 5.41. The number of halogens is 1. The Kier molecular flexibility index (Phi) is 3.90. The van der Waals surface area contributed by atoms with Crippen molar-refractivity contribution in [2.45, 2.75) is 18.9 Å². The van der Waals surface area contributed by atoms with Gasteiger partial charge in [-0.05, 0) is 34.8 Å². The Labute approximate surface area is 103 Å². The van der Waals surface area contributed by atoms with Crippen molar-refractivity contribution in [1.82, 2.24) is 15.6 Å². The van der Waals surface area contributed by atoms with Gasteiger partial charge in [-0.1, -0.05) is 0 Å². The summed E-state index contributed by atoms with van der Waals surface area (Å²) in [4.78, 5) is 15.6. The van der Waals surface area contributed by atoms with Gasteiger partial charge in [0.1, 0.15) is 0 Å². The van der Waals surface area contributed by atoms with Crippen molar-refractivity contribution in [3.8, 4) is 0 Å². The van der Waals surface area contributed by atoms with Crippen LogP contribution in [-0.2, 0) is 0 Å².